The lowest BCUT2D eigenvalue weighted by Gasteiger charge is -2.33. The van der Waals surface area contributed by atoms with Crippen molar-refractivity contribution in [2.75, 3.05) is 26.9 Å². The Labute approximate surface area is 155 Å². The Morgan fingerprint density at radius 2 is 2.15 bits per heavy atom. The second-order valence-electron chi connectivity index (χ2n) is 6.44. The molecular weight excluding hydrogens is 352 g/mol. The predicted molar refractivity (Wildman–Crippen MR) is 97.6 cm³/mol. The number of ether oxygens (including phenoxy) is 2. The molecule has 1 fully saturated rings. The summed E-state index contributed by atoms with van der Waals surface area (Å²) in [5.41, 5.74) is 6.53. The quantitative estimate of drug-likeness (QED) is 0.773. The van der Waals surface area contributed by atoms with Gasteiger partial charge in [-0.1, -0.05) is 0 Å². The number of primary amides is 1. The van der Waals surface area contributed by atoms with E-state index in [4.69, 9.17) is 19.6 Å². The van der Waals surface area contributed by atoms with Crippen LogP contribution in [0.5, 0.6) is 5.75 Å². The van der Waals surface area contributed by atoms with E-state index in [2.05, 4.69) is 0 Å². The SMILES string of the molecule is COc1ccc2c(C)c(CCC(=O)N3CCOC[C@H]3C(N)=O)c(=O)oc2c1. The van der Waals surface area contributed by atoms with Crippen LogP contribution in [0.15, 0.2) is 27.4 Å². The molecule has 3 rings (SSSR count). The van der Waals surface area contributed by atoms with Gasteiger partial charge < -0.3 is 24.5 Å². The van der Waals surface area contributed by atoms with Gasteiger partial charge in [-0.05, 0) is 31.0 Å². The number of aryl methyl sites for hydroxylation is 1. The normalized spacial score (nSPS) is 17.1. The topological polar surface area (TPSA) is 112 Å². The Kier molecular flexibility index (Phi) is 5.46. The van der Waals surface area contributed by atoms with Crippen LogP contribution in [0.25, 0.3) is 11.0 Å². The standard InChI is InChI=1S/C19H22N2O6/c1-11-13-4-3-12(25-2)9-16(13)27-19(24)14(11)5-6-17(22)21-7-8-26-10-15(21)18(20)23/h3-4,9,15H,5-8,10H2,1-2H3,(H2,20,23)/t15-/m0/s1. The molecule has 2 heterocycles. The van der Waals surface area contributed by atoms with E-state index in [1.807, 2.05) is 13.0 Å². The zero-order chi connectivity index (χ0) is 19.6. The van der Waals surface area contributed by atoms with Crippen LogP contribution in [0.1, 0.15) is 17.5 Å². The first-order chi connectivity index (χ1) is 12.9. The highest BCUT2D eigenvalue weighted by atomic mass is 16.5. The van der Waals surface area contributed by atoms with Gasteiger partial charge in [-0.3, -0.25) is 9.59 Å². The van der Waals surface area contributed by atoms with Crippen LogP contribution in [0, 0.1) is 6.92 Å². The average molecular weight is 374 g/mol. The first kappa shape index (κ1) is 18.9. The van der Waals surface area contributed by atoms with Gasteiger partial charge in [-0.2, -0.15) is 0 Å². The second kappa shape index (κ2) is 7.79. The molecule has 144 valence electrons. The lowest BCUT2D eigenvalue weighted by molar-refractivity contribution is -0.147. The number of hydrogen-bond acceptors (Lipinski definition) is 6. The van der Waals surface area contributed by atoms with Gasteiger partial charge in [0.25, 0.3) is 0 Å². The third kappa shape index (κ3) is 3.80. The number of methoxy groups -OCH3 is 1. The van der Waals surface area contributed by atoms with Gasteiger partial charge >= 0.3 is 5.63 Å². The second-order valence-corrected chi connectivity index (χ2v) is 6.44. The van der Waals surface area contributed by atoms with E-state index in [0.717, 1.165) is 10.9 Å². The Bertz CT molecular complexity index is 936. The van der Waals surface area contributed by atoms with Crippen LogP contribution in [-0.4, -0.2) is 49.6 Å². The van der Waals surface area contributed by atoms with Crippen molar-refractivity contribution in [3.63, 3.8) is 0 Å². The number of nitrogens with two attached hydrogens (primary N) is 1. The molecule has 8 nitrogen and oxygen atoms in total. The molecule has 0 spiro atoms. The maximum atomic E-state index is 12.6. The van der Waals surface area contributed by atoms with E-state index in [-0.39, 0.29) is 25.4 Å². The smallest absolute Gasteiger partial charge is 0.339 e. The van der Waals surface area contributed by atoms with Crippen LogP contribution in [-0.2, 0) is 20.7 Å². The fourth-order valence-corrected chi connectivity index (χ4v) is 3.30. The van der Waals surface area contributed by atoms with Gasteiger partial charge in [0.15, 0.2) is 0 Å². The average Bonchev–Trinajstić information content (AvgIpc) is 2.67. The molecule has 0 radical (unpaired) electrons. The molecule has 1 aliphatic heterocycles. The number of fused-ring (bicyclic) bond motifs is 1. The highest BCUT2D eigenvalue weighted by molar-refractivity contribution is 5.87. The molecular formula is C19H22N2O6. The van der Waals surface area contributed by atoms with Crippen LogP contribution in [0.3, 0.4) is 0 Å². The molecule has 1 saturated heterocycles. The van der Waals surface area contributed by atoms with Gasteiger partial charge in [0.05, 0.1) is 20.3 Å². The maximum absolute atomic E-state index is 12.6. The van der Waals surface area contributed by atoms with Crippen molar-refractivity contribution in [3.05, 3.63) is 39.7 Å². The lowest BCUT2D eigenvalue weighted by atomic mass is 10.0. The highest BCUT2D eigenvalue weighted by Crippen LogP contribution is 2.24. The van der Waals surface area contributed by atoms with Crippen molar-refractivity contribution >= 4 is 22.8 Å². The molecule has 0 unspecified atom stereocenters. The Hall–Kier alpha value is -2.87. The van der Waals surface area contributed by atoms with Crippen molar-refractivity contribution in [3.8, 4) is 5.75 Å². The van der Waals surface area contributed by atoms with Crippen LogP contribution in [0.2, 0.25) is 0 Å². The van der Waals surface area contributed by atoms with E-state index in [1.54, 1.807) is 12.1 Å². The van der Waals surface area contributed by atoms with Crippen molar-refractivity contribution in [2.24, 2.45) is 5.73 Å². The molecule has 0 bridgehead atoms. The summed E-state index contributed by atoms with van der Waals surface area (Å²) in [5, 5.41) is 0.791. The monoisotopic (exact) mass is 374 g/mol. The minimum absolute atomic E-state index is 0.0804. The molecule has 1 atom stereocenters. The summed E-state index contributed by atoms with van der Waals surface area (Å²) in [6, 6.07) is 4.50. The number of hydrogen-bond donors (Lipinski definition) is 1. The number of carbonyl (C=O) groups is 2. The number of benzene rings is 1. The Morgan fingerprint density at radius 3 is 2.85 bits per heavy atom. The van der Waals surface area contributed by atoms with Gasteiger partial charge in [-0.25, -0.2) is 4.79 Å². The van der Waals surface area contributed by atoms with Gasteiger partial charge in [0.2, 0.25) is 11.8 Å². The Morgan fingerprint density at radius 1 is 1.37 bits per heavy atom. The van der Waals surface area contributed by atoms with Gasteiger partial charge in [-0.15, -0.1) is 0 Å². The molecule has 1 aromatic heterocycles. The lowest BCUT2D eigenvalue weighted by Crippen LogP contribution is -2.54. The van der Waals surface area contributed by atoms with Crippen LogP contribution < -0.4 is 16.1 Å². The van der Waals surface area contributed by atoms with Crippen molar-refractivity contribution in [1.82, 2.24) is 4.90 Å². The summed E-state index contributed by atoms with van der Waals surface area (Å²) in [4.78, 5) is 37.9. The zero-order valence-electron chi connectivity index (χ0n) is 15.3. The number of nitrogens with zero attached hydrogens (tertiary/aromatic N) is 1. The summed E-state index contributed by atoms with van der Waals surface area (Å²) in [6.07, 6.45) is 0.300. The molecule has 0 saturated carbocycles. The minimum Gasteiger partial charge on any atom is -0.497 e. The van der Waals surface area contributed by atoms with Crippen molar-refractivity contribution < 1.29 is 23.5 Å². The summed E-state index contributed by atoms with van der Waals surface area (Å²) in [5.74, 6) is -0.244. The molecule has 1 aromatic carbocycles. The van der Waals surface area contributed by atoms with Crippen molar-refractivity contribution in [2.45, 2.75) is 25.8 Å². The molecule has 2 amide bonds. The van der Waals surface area contributed by atoms with E-state index in [0.29, 0.717) is 30.0 Å². The van der Waals surface area contributed by atoms with E-state index in [1.165, 1.54) is 12.0 Å². The number of morpholine rings is 1. The third-order valence-electron chi connectivity index (χ3n) is 4.86. The fraction of sp³-hybridized carbons (Fsp3) is 0.421. The fourth-order valence-electron chi connectivity index (χ4n) is 3.30. The Balaban J connectivity index is 1.81. The first-order valence-electron chi connectivity index (χ1n) is 8.69. The third-order valence-corrected chi connectivity index (χ3v) is 4.86. The zero-order valence-corrected chi connectivity index (χ0v) is 15.3. The largest absolute Gasteiger partial charge is 0.497 e. The summed E-state index contributed by atoms with van der Waals surface area (Å²) in [6.45, 7) is 2.58. The summed E-state index contributed by atoms with van der Waals surface area (Å²) in [7, 11) is 1.54. The molecule has 2 N–H and O–H groups in total. The van der Waals surface area contributed by atoms with Crippen molar-refractivity contribution in [1.29, 1.82) is 0 Å². The number of carbonyl (C=O) groups excluding carboxylic acids is 2. The van der Waals surface area contributed by atoms with Crippen LogP contribution >= 0.6 is 0 Å². The predicted octanol–water partition coefficient (Wildman–Crippen LogP) is 0.755. The maximum Gasteiger partial charge on any atom is 0.339 e. The van der Waals surface area contributed by atoms with E-state index in [9.17, 15) is 14.4 Å². The van der Waals surface area contributed by atoms with Crippen LogP contribution in [0.4, 0.5) is 0 Å². The van der Waals surface area contributed by atoms with E-state index >= 15 is 0 Å². The highest BCUT2D eigenvalue weighted by Gasteiger charge is 2.31. The summed E-state index contributed by atoms with van der Waals surface area (Å²) < 4.78 is 15.8. The minimum atomic E-state index is -0.771. The number of rotatable bonds is 5. The summed E-state index contributed by atoms with van der Waals surface area (Å²) >= 11 is 0. The van der Waals surface area contributed by atoms with Gasteiger partial charge in [0, 0.05) is 30.0 Å². The number of amides is 2. The first-order valence-corrected chi connectivity index (χ1v) is 8.69. The van der Waals surface area contributed by atoms with E-state index < -0.39 is 17.6 Å². The molecule has 8 heteroatoms. The molecule has 27 heavy (non-hydrogen) atoms. The van der Waals surface area contributed by atoms with Gasteiger partial charge in [0.1, 0.15) is 17.4 Å². The molecule has 2 aromatic rings. The molecule has 0 aliphatic carbocycles. The molecule has 1 aliphatic rings.